The van der Waals surface area contributed by atoms with E-state index >= 15 is 0 Å². The molecule has 0 saturated heterocycles. The number of carbonyl (C=O) groups is 1. The second kappa shape index (κ2) is 8.66. The highest BCUT2D eigenvalue weighted by molar-refractivity contribution is 7.89. The summed E-state index contributed by atoms with van der Waals surface area (Å²) in [6.45, 7) is 10.00. The lowest BCUT2D eigenvalue weighted by Crippen LogP contribution is -2.40. The first-order chi connectivity index (χ1) is 12.7. The fourth-order valence-corrected chi connectivity index (χ4v) is 3.91. The quantitative estimate of drug-likeness (QED) is 0.678. The van der Waals surface area contributed by atoms with Crippen molar-refractivity contribution in [1.29, 1.82) is 0 Å². The summed E-state index contributed by atoms with van der Waals surface area (Å²) in [6.07, 6.45) is 0. The number of nitrogens with zero attached hydrogens (tertiary/aromatic N) is 4. The van der Waals surface area contributed by atoms with Crippen LogP contribution in [0.4, 0.5) is 0 Å². The number of benzene rings is 1. The van der Waals surface area contributed by atoms with Crippen LogP contribution in [0.15, 0.2) is 23.1 Å². The van der Waals surface area contributed by atoms with Crippen LogP contribution in [-0.2, 0) is 14.8 Å². The Morgan fingerprint density at radius 2 is 1.93 bits per heavy atom. The van der Waals surface area contributed by atoms with E-state index in [-0.39, 0.29) is 23.5 Å². The fourth-order valence-electron chi connectivity index (χ4n) is 2.43. The molecule has 27 heavy (non-hydrogen) atoms. The number of fused-ring (bicyclic) bond motifs is 1. The Kier molecular flexibility index (Phi) is 6.77. The Bertz CT molecular complexity index is 890. The van der Waals surface area contributed by atoms with Crippen molar-refractivity contribution in [1.82, 2.24) is 24.8 Å². The highest BCUT2D eigenvalue weighted by atomic mass is 32.2. The van der Waals surface area contributed by atoms with E-state index in [1.54, 1.807) is 19.9 Å². The Labute approximate surface area is 159 Å². The molecule has 0 aliphatic rings. The first kappa shape index (κ1) is 21.1. The molecule has 0 aliphatic carbocycles. The van der Waals surface area contributed by atoms with E-state index in [1.807, 2.05) is 20.8 Å². The Balaban J connectivity index is 2.21. The maximum atomic E-state index is 12.7. The number of nitrogens with one attached hydrogen (secondary N) is 1. The molecule has 1 heterocycles. The van der Waals surface area contributed by atoms with Gasteiger partial charge in [0.15, 0.2) is 6.61 Å². The lowest BCUT2D eigenvalue weighted by Gasteiger charge is -2.18. The molecular formula is C17H27N5O4S. The molecule has 2 aromatic rings. The molecule has 150 valence electrons. The summed E-state index contributed by atoms with van der Waals surface area (Å²) >= 11 is 0. The average molecular weight is 398 g/mol. The van der Waals surface area contributed by atoms with Gasteiger partial charge >= 0.3 is 0 Å². The number of aromatic nitrogens is 3. The van der Waals surface area contributed by atoms with Gasteiger partial charge in [-0.05, 0) is 36.3 Å². The molecule has 0 aliphatic heterocycles. The van der Waals surface area contributed by atoms with Gasteiger partial charge in [-0.15, -0.1) is 5.10 Å². The van der Waals surface area contributed by atoms with Gasteiger partial charge in [-0.3, -0.25) is 4.79 Å². The van der Waals surface area contributed by atoms with Gasteiger partial charge in [0.25, 0.3) is 5.91 Å². The minimum atomic E-state index is -3.61. The van der Waals surface area contributed by atoms with E-state index in [0.717, 1.165) is 4.85 Å². The minimum absolute atomic E-state index is 0.0133. The van der Waals surface area contributed by atoms with Gasteiger partial charge in [0.2, 0.25) is 10.0 Å². The van der Waals surface area contributed by atoms with E-state index in [1.165, 1.54) is 16.4 Å². The lowest BCUT2D eigenvalue weighted by molar-refractivity contribution is -0.127. The van der Waals surface area contributed by atoms with E-state index < -0.39 is 10.0 Å². The van der Waals surface area contributed by atoms with Crippen molar-refractivity contribution in [3.63, 3.8) is 0 Å². The Hall–Kier alpha value is -2.20. The third-order valence-corrected chi connectivity index (χ3v) is 6.48. The summed E-state index contributed by atoms with van der Waals surface area (Å²) in [5.74, 6) is 0.0146. The predicted molar refractivity (Wildman–Crippen MR) is 102 cm³/mol. The maximum Gasteiger partial charge on any atom is 0.260 e. The number of hydrogen-bond donors (Lipinski definition) is 1. The van der Waals surface area contributed by atoms with Crippen LogP contribution < -0.4 is 10.2 Å². The first-order valence-electron chi connectivity index (χ1n) is 8.98. The fraction of sp³-hybridized carbons (Fsp3) is 0.588. The van der Waals surface area contributed by atoms with Crippen molar-refractivity contribution < 1.29 is 18.0 Å². The number of amides is 1. The molecule has 0 spiro atoms. The predicted octanol–water partition coefficient (Wildman–Crippen LogP) is 1.05. The van der Waals surface area contributed by atoms with Crippen LogP contribution in [0.1, 0.15) is 34.6 Å². The monoisotopic (exact) mass is 397 g/mol. The third-order valence-electron chi connectivity index (χ3n) is 4.44. The van der Waals surface area contributed by atoms with Gasteiger partial charge in [0.1, 0.15) is 11.0 Å². The van der Waals surface area contributed by atoms with Crippen molar-refractivity contribution >= 4 is 27.0 Å². The Morgan fingerprint density at radius 3 is 2.52 bits per heavy atom. The second-order valence-electron chi connectivity index (χ2n) is 6.58. The standard InChI is InChI=1S/C17H27N5O4S/c1-6-21(7-2)27(24,25)14-8-9-15-16(10-14)22(20-19-15)26-11-17(23)18-13(5)12(3)4/h8-10,12-13H,6-7,11H2,1-5H3,(H,18,23). The molecule has 9 nitrogen and oxygen atoms in total. The summed E-state index contributed by atoms with van der Waals surface area (Å²) in [4.78, 5) is 18.6. The zero-order valence-electron chi connectivity index (χ0n) is 16.3. The molecule has 0 bridgehead atoms. The topological polar surface area (TPSA) is 106 Å². The summed E-state index contributed by atoms with van der Waals surface area (Å²) in [7, 11) is -3.61. The van der Waals surface area contributed by atoms with Gasteiger partial charge in [-0.25, -0.2) is 8.42 Å². The SMILES string of the molecule is CCN(CC)S(=O)(=O)c1ccc2nnn(OCC(=O)NC(C)C(C)C)c2c1. The molecule has 1 N–H and O–H groups in total. The van der Waals surface area contributed by atoms with Gasteiger partial charge in [0, 0.05) is 19.1 Å². The highest BCUT2D eigenvalue weighted by Crippen LogP contribution is 2.20. The van der Waals surface area contributed by atoms with E-state index in [9.17, 15) is 13.2 Å². The first-order valence-corrected chi connectivity index (χ1v) is 10.4. The third kappa shape index (κ3) is 4.75. The van der Waals surface area contributed by atoms with Gasteiger partial charge < -0.3 is 10.2 Å². The van der Waals surface area contributed by atoms with Gasteiger partial charge in [0.05, 0.1) is 4.90 Å². The van der Waals surface area contributed by atoms with Crippen molar-refractivity contribution in [2.45, 2.75) is 45.6 Å². The molecular weight excluding hydrogens is 370 g/mol. The molecule has 1 atom stereocenters. The van der Waals surface area contributed by atoms with E-state index in [0.29, 0.717) is 30.0 Å². The normalized spacial score (nSPS) is 13.3. The van der Waals surface area contributed by atoms with Crippen LogP contribution in [0.5, 0.6) is 0 Å². The second-order valence-corrected chi connectivity index (χ2v) is 8.51. The number of rotatable bonds is 9. The summed E-state index contributed by atoms with van der Waals surface area (Å²) in [5, 5.41) is 10.6. The van der Waals surface area contributed by atoms with Gasteiger partial charge in [-0.1, -0.05) is 32.5 Å². The highest BCUT2D eigenvalue weighted by Gasteiger charge is 2.23. The summed E-state index contributed by atoms with van der Waals surface area (Å²) < 4.78 is 26.8. The molecule has 0 radical (unpaired) electrons. The van der Waals surface area contributed by atoms with Crippen molar-refractivity contribution in [3.05, 3.63) is 18.2 Å². The minimum Gasteiger partial charge on any atom is -0.385 e. The zero-order valence-corrected chi connectivity index (χ0v) is 17.2. The van der Waals surface area contributed by atoms with Gasteiger partial charge in [-0.2, -0.15) is 4.31 Å². The smallest absolute Gasteiger partial charge is 0.260 e. The van der Waals surface area contributed by atoms with Crippen LogP contribution in [-0.4, -0.2) is 59.5 Å². The van der Waals surface area contributed by atoms with Crippen LogP contribution in [0.3, 0.4) is 0 Å². The van der Waals surface area contributed by atoms with Crippen molar-refractivity contribution in [3.8, 4) is 0 Å². The lowest BCUT2D eigenvalue weighted by atomic mass is 10.1. The van der Waals surface area contributed by atoms with E-state index in [4.69, 9.17) is 4.84 Å². The van der Waals surface area contributed by atoms with E-state index in [2.05, 4.69) is 15.6 Å². The number of carbonyl (C=O) groups excluding carboxylic acids is 1. The molecule has 2 rings (SSSR count). The number of hydrogen-bond acceptors (Lipinski definition) is 6. The molecule has 10 heteroatoms. The van der Waals surface area contributed by atoms with Crippen LogP contribution in [0.2, 0.25) is 0 Å². The summed E-state index contributed by atoms with van der Waals surface area (Å²) in [6, 6.07) is 4.53. The molecule has 0 fully saturated rings. The maximum absolute atomic E-state index is 12.7. The average Bonchev–Trinajstić information content (AvgIpc) is 3.03. The van der Waals surface area contributed by atoms with Crippen molar-refractivity contribution in [2.75, 3.05) is 19.7 Å². The van der Waals surface area contributed by atoms with Crippen LogP contribution in [0, 0.1) is 5.92 Å². The Morgan fingerprint density at radius 1 is 1.26 bits per heavy atom. The molecule has 1 unspecified atom stereocenters. The molecule has 0 saturated carbocycles. The van der Waals surface area contributed by atoms with Crippen molar-refractivity contribution in [2.24, 2.45) is 5.92 Å². The molecule has 1 aromatic heterocycles. The molecule has 1 amide bonds. The zero-order chi connectivity index (χ0) is 20.2. The number of sulfonamides is 1. The van der Waals surface area contributed by atoms with Crippen LogP contribution >= 0.6 is 0 Å². The largest absolute Gasteiger partial charge is 0.385 e. The van der Waals surface area contributed by atoms with Crippen LogP contribution in [0.25, 0.3) is 11.0 Å². The summed E-state index contributed by atoms with van der Waals surface area (Å²) in [5.41, 5.74) is 0.859. The molecule has 1 aromatic carbocycles.